The summed E-state index contributed by atoms with van der Waals surface area (Å²) in [4.78, 5) is 13.8. The van der Waals surface area contributed by atoms with E-state index in [1.807, 2.05) is 6.92 Å². The first-order chi connectivity index (χ1) is 8.78. The highest BCUT2D eigenvalue weighted by molar-refractivity contribution is 5.60. The molecule has 2 fully saturated rings. The molecule has 0 N–H and O–H groups in total. The maximum atomic E-state index is 11.4. The largest absolute Gasteiger partial charge is 0.380 e. The number of aldehydes is 1. The van der Waals surface area contributed by atoms with Crippen molar-refractivity contribution in [3.63, 3.8) is 0 Å². The van der Waals surface area contributed by atoms with Crippen LogP contribution in [-0.2, 0) is 14.3 Å². The molecule has 1 unspecified atom stereocenters. The maximum absolute atomic E-state index is 11.4. The van der Waals surface area contributed by atoms with Crippen molar-refractivity contribution in [1.82, 2.24) is 4.90 Å². The molecule has 0 aromatic heterocycles. The van der Waals surface area contributed by atoms with Gasteiger partial charge in [-0.25, -0.2) is 0 Å². The molecule has 1 atom stereocenters. The summed E-state index contributed by atoms with van der Waals surface area (Å²) in [5.74, 6) is 0. The van der Waals surface area contributed by atoms with Crippen LogP contribution in [0.1, 0.15) is 32.6 Å². The van der Waals surface area contributed by atoms with Gasteiger partial charge < -0.3 is 19.2 Å². The van der Waals surface area contributed by atoms with Gasteiger partial charge in [0.1, 0.15) is 6.29 Å². The van der Waals surface area contributed by atoms with Crippen LogP contribution in [0.3, 0.4) is 0 Å². The molecule has 4 heteroatoms. The molecule has 0 aromatic carbocycles. The number of ether oxygens (including phenoxy) is 2. The number of hydrogen-bond acceptors (Lipinski definition) is 4. The molecule has 0 radical (unpaired) electrons. The molecule has 2 aliphatic heterocycles. The molecule has 4 nitrogen and oxygen atoms in total. The third-order valence-corrected chi connectivity index (χ3v) is 4.08. The Hall–Kier alpha value is -0.450. The summed E-state index contributed by atoms with van der Waals surface area (Å²) >= 11 is 0. The molecule has 0 amide bonds. The van der Waals surface area contributed by atoms with E-state index in [2.05, 4.69) is 4.90 Å². The summed E-state index contributed by atoms with van der Waals surface area (Å²) in [6.07, 6.45) is 5.70. The Morgan fingerprint density at radius 1 is 1.44 bits per heavy atom. The van der Waals surface area contributed by atoms with Gasteiger partial charge in [-0.1, -0.05) is 0 Å². The highest BCUT2D eigenvalue weighted by atomic mass is 16.5. The van der Waals surface area contributed by atoms with Crippen LogP contribution in [0.2, 0.25) is 0 Å². The van der Waals surface area contributed by atoms with Crippen molar-refractivity contribution >= 4 is 6.29 Å². The van der Waals surface area contributed by atoms with Gasteiger partial charge in [0.15, 0.2) is 0 Å². The van der Waals surface area contributed by atoms with E-state index >= 15 is 0 Å². The number of likely N-dealkylation sites (tertiary alicyclic amines) is 1. The molecule has 2 heterocycles. The number of carbonyl (C=O) groups is 1. The quantitative estimate of drug-likeness (QED) is 0.698. The lowest BCUT2D eigenvalue weighted by atomic mass is 9.83. The highest BCUT2D eigenvalue weighted by Crippen LogP contribution is 2.28. The van der Waals surface area contributed by atoms with Crippen LogP contribution in [0.25, 0.3) is 0 Å². The van der Waals surface area contributed by atoms with Crippen molar-refractivity contribution in [2.75, 3.05) is 39.5 Å². The molecule has 2 aliphatic rings. The van der Waals surface area contributed by atoms with E-state index in [-0.39, 0.29) is 5.41 Å². The van der Waals surface area contributed by atoms with Crippen LogP contribution < -0.4 is 0 Å². The minimum absolute atomic E-state index is 0.253. The summed E-state index contributed by atoms with van der Waals surface area (Å²) in [6, 6.07) is 0. The Morgan fingerprint density at radius 3 is 2.78 bits per heavy atom. The van der Waals surface area contributed by atoms with Gasteiger partial charge >= 0.3 is 0 Å². The van der Waals surface area contributed by atoms with Crippen LogP contribution in [0.4, 0.5) is 0 Å². The van der Waals surface area contributed by atoms with Gasteiger partial charge in [-0.15, -0.1) is 0 Å². The van der Waals surface area contributed by atoms with Gasteiger partial charge in [-0.3, -0.25) is 0 Å². The summed E-state index contributed by atoms with van der Waals surface area (Å²) in [7, 11) is 0. The third-order valence-electron chi connectivity index (χ3n) is 4.08. The number of rotatable bonds is 5. The zero-order valence-electron chi connectivity index (χ0n) is 11.4. The fourth-order valence-corrected chi connectivity index (χ4v) is 3.04. The van der Waals surface area contributed by atoms with Crippen LogP contribution in [0.15, 0.2) is 0 Å². The monoisotopic (exact) mass is 255 g/mol. The van der Waals surface area contributed by atoms with Crippen LogP contribution in [0.5, 0.6) is 0 Å². The lowest BCUT2D eigenvalue weighted by molar-refractivity contribution is -0.126. The molecule has 0 spiro atoms. The molecule has 0 saturated carbocycles. The molecule has 104 valence electrons. The first-order valence-corrected chi connectivity index (χ1v) is 7.16. The number of carbonyl (C=O) groups excluding carboxylic acids is 1. The molecule has 0 aromatic rings. The summed E-state index contributed by atoms with van der Waals surface area (Å²) < 4.78 is 11.1. The van der Waals surface area contributed by atoms with Crippen molar-refractivity contribution < 1.29 is 14.3 Å². The van der Waals surface area contributed by atoms with E-state index in [1.165, 1.54) is 0 Å². The molecule has 0 bridgehead atoms. The van der Waals surface area contributed by atoms with E-state index in [4.69, 9.17) is 9.47 Å². The van der Waals surface area contributed by atoms with Crippen molar-refractivity contribution in [2.45, 2.75) is 38.7 Å². The number of hydrogen-bond donors (Lipinski definition) is 0. The van der Waals surface area contributed by atoms with Crippen LogP contribution in [-0.4, -0.2) is 56.7 Å². The van der Waals surface area contributed by atoms with Crippen LogP contribution in [0, 0.1) is 5.41 Å². The first-order valence-electron chi connectivity index (χ1n) is 7.16. The molecule has 2 saturated heterocycles. The average Bonchev–Trinajstić information content (AvgIpc) is 2.42. The Morgan fingerprint density at radius 2 is 2.22 bits per heavy atom. The standard InChI is InChI=1S/C14H25NO3/c1-2-18-13-4-7-15(8-5-13)10-14(11-16)6-3-9-17-12-14/h11,13H,2-10,12H2,1H3. The van der Waals surface area contributed by atoms with Gasteiger partial charge in [-0.2, -0.15) is 0 Å². The lowest BCUT2D eigenvalue weighted by Crippen LogP contribution is -2.47. The minimum Gasteiger partial charge on any atom is -0.380 e. The second-order valence-corrected chi connectivity index (χ2v) is 5.57. The zero-order chi connectivity index (χ0) is 12.8. The van der Waals surface area contributed by atoms with Gasteiger partial charge in [-0.05, 0) is 32.6 Å². The van der Waals surface area contributed by atoms with E-state index in [0.29, 0.717) is 12.7 Å². The lowest BCUT2D eigenvalue weighted by Gasteiger charge is -2.39. The number of nitrogens with zero attached hydrogens (tertiary/aromatic N) is 1. The predicted molar refractivity (Wildman–Crippen MR) is 69.6 cm³/mol. The minimum atomic E-state index is -0.253. The molecular weight excluding hydrogens is 230 g/mol. The maximum Gasteiger partial charge on any atom is 0.129 e. The summed E-state index contributed by atoms with van der Waals surface area (Å²) in [6.45, 7) is 7.20. The Bertz CT molecular complexity index is 256. The number of piperidine rings is 1. The highest BCUT2D eigenvalue weighted by Gasteiger charge is 2.35. The predicted octanol–water partition coefficient (Wildman–Crippen LogP) is 1.48. The first kappa shape index (κ1) is 14.0. The van der Waals surface area contributed by atoms with Crippen molar-refractivity contribution in [2.24, 2.45) is 5.41 Å². The topological polar surface area (TPSA) is 38.8 Å². The molecule has 2 rings (SSSR count). The second kappa shape index (κ2) is 6.64. The van der Waals surface area contributed by atoms with Gasteiger partial charge in [0.25, 0.3) is 0 Å². The Labute approximate surface area is 110 Å². The van der Waals surface area contributed by atoms with Crippen LogP contribution >= 0.6 is 0 Å². The second-order valence-electron chi connectivity index (χ2n) is 5.57. The van der Waals surface area contributed by atoms with E-state index in [1.54, 1.807) is 0 Å². The normalized spacial score (nSPS) is 31.4. The van der Waals surface area contributed by atoms with E-state index in [0.717, 1.165) is 64.8 Å². The van der Waals surface area contributed by atoms with Gasteiger partial charge in [0, 0.05) is 32.8 Å². The zero-order valence-corrected chi connectivity index (χ0v) is 11.4. The fraction of sp³-hybridized carbons (Fsp3) is 0.929. The molecular formula is C14H25NO3. The van der Waals surface area contributed by atoms with Crippen molar-refractivity contribution in [3.8, 4) is 0 Å². The van der Waals surface area contributed by atoms with Crippen molar-refractivity contribution in [1.29, 1.82) is 0 Å². The Kier molecular flexibility index (Phi) is 5.15. The average molecular weight is 255 g/mol. The SMILES string of the molecule is CCOC1CCN(CC2(C=O)CCCOC2)CC1. The van der Waals surface area contributed by atoms with Gasteiger partial charge in [0.2, 0.25) is 0 Å². The summed E-state index contributed by atoms with van der Waals surface area (Å²) in [5.41, 5.74) is -0.253. The van der Waals surface area contributed by atoms with E-state index < -0.39 is 0 Å². The molecule has 0 aliphatic carbocycles. The molecule has 18 heavy (non-hydrogen) atoms. The van der Waals surface area contributed by atoms with E-state index in [9.17, 15) is 4.79 Å². The third kappa shape index (κ3) is 3.53. The van der Waals surface area contributed by atoms with Gasteiger partial charge in [0.05, 0.1) is 18.1 Å². The smallest absolute Gasteiger partial charge is 0.129 e. The fourth-order valence-electron chi connectivity index (χ4n) is 3.04. The Balaban J connectivity index is 1.80. The summed E-state index contributed by atoms with van der Waals surface area (Å²) in [5, 5.41) is 0. The van der Waals surface area contributed by atoms with Crippen molar-refractivity contribution in [3.05, 3.63) is 0 Å².